The molecule has 0 radical (unpaired) electrons. The first-order valence-corrected chi connectivity index (χ1v) is 10.4. The molecule has 158 valence electrons. The highest BCUT2D eigenvalue weighted by atomic mass is 19.1. The largest absolute Gasteiger partial charge is 0.366 e. The minimum absolute atomic E-state index is 0.144. The Morgan fingerprint density at radius 2 is 1.77 bits per heavy atom. The van der Waals surface area contributed by atoms with Gasteiger partial charge in [0.25, 0.3) is 0 Å². The molecule has 1 fully saturated rings. The molecule has 0 aliphatic carbocycles. The summed E-state index contributed by atoms with van der Waals surface area (Å²) >= 11 is 0. The van der Waals surface area contributed by atoms with E-state index in [1.165, 1.54) is 11.6 Å². The van der Waals surface area contributed by atoms with Gasteiger partial charge in [-0.05, 0) is 50.5 Å². The van der Waals surface area contributed by atoms with Crippen molar-refractivity contribution in [2.45, 2.75) is 33.6 Å². The quantitative estimate of drug-likeness (QED) is 0.663. The Morgan fingerprint density at radius 3 is 2.47 bits per heavy atom. The lowest BCUT2D eigenvalue weighted by Gasteiger charge is -2.36. The summed E-state index contributed by atoms with van der Waals surface area (Å²) in [4.78, 5) is 21.5. The summed E-state index contributed by atoms with van der Waals surface area (Å²) in [5, 5.41) is 5.57. The van der Waals surface area contributed by atoms with Crippen molar-refractivity contribution in [2.24, 2.45) is 7.05 Å². The molecule has 0 unspecified atom stereocenters. The molecular weight excluding hydrogens is 381 g/mol. The Kier molecular flexibility index (Phi) is 5.45. The highest BCUT2D eigenvalue weighted by Crippen LogP contribution is 2.26. The van der Waals surface area contributed by atoms with Crippen LogP contribution in [-0.2, 0) is 18.3 Å². The van der Waals surface area contributed by atoms with Gasteiger partial charge < -0.3 is 9.80 Å². The van der Waals surface area contributed by atoms with Crippen molar-refractivity contribution in [1.82, 2.24) is 19.7 Å². The smallest absolute Gasteiger partial charge is 0.223 e. The van der Waals surface area contributed by atoms with E-state index in [4.69, 9.17) is 4.98 Å². The van der Waals surface area contributed by atoms with Crippen molar-refractivity contribution in [1.29, 1.82) is 0 Å². The fraction of sp³-hybridized carbons (Fsp3) is 0.435. The third kappa shape index (κ3) is 3.64. The molecule has 30 heavy (non-hydrogen) atoms. The van der Waals surface area contributed by atoms with Gasteiger partial charge in [0.2, 0.25) is 5.91 Å². The van der Waals surface area contributed by atoms with Crippen molar-refractivity contribution in [2.75, 3.05) is 31.1 Å². The predicted molar refractivity (Wildman–Crippen MR) is 116 cm³/mol. The molecule has 0 N–H and O–H groups in total. The minimum atomic E-state index is -0.211. The van der Waals surface area contributed by atoms with Gasteiger partial charge in [0.15, 0.2) is 5.65 Å². The normalized spacial score (nSPS) is 14.6. The maximum absolute atomic E-state index is 14.0. The minimum Gasteiger partial charge on any atom is -0.366 e. The topological polar surface area (TPSA) is 54.3 Å². The molecule has 0 bridgehead atoms. The third-order valence-corrected chi connectivity index (χ3v) is 6.14. The van der Waals surface area contributed by atoms with Crippen molar-refractivity contribution in [3.05, 3.63) is 52.6 Å². The Balaban J connectivity index is 1.41. The van der Waals surface area contributed by atoms with E-state index >= 15 is 0 Å². The summed E-state index contributed by atoms with van der Waals surface area (Å²) in [5.74, 6) is -0.0678. The molecule has 0 spiro atoms. The van der Waals surface area contributed by atoms with E-state index in [0.29, 0.717) is 44.7 Å². The molecule has 4 rings (SSSR count). The maximum Gasteiger partial charge on any atom is 0.223 e. The van der Waals surface area contributed by atoms with Crippen LogP contribution in [0.5, 0.6) is 0 Å². The van der Waals surface area contributed by atoms with E-state index in [2.05, 4.69) is 12.0 Å². The number of para-hydroxylation sites is 1. The average molecular weight is 410 g/mol. The van der Waals surface area contributed by atoms with E-state index in [-0.39, 0.29) is 11.7 Å². The maximum atomic E-state index is 14.0. The monoisotopic (exact) mass is 409 g/mol. The van der Waals surface area contributed by atoms with Gasteiger partial charge in [-0.1, -0.05) is 12.1 Å². The van der Waals surface area contributed by atoms with Crippen LogP contribution in [0.4, 0.5) is 10.1 Å². The third-order valence-electron chi connectivity index (χ3n) is 6.14. The van der Waals surface area contributed by atoms with Gasteiger partial charge in [-0.15, -0.1) is 0 Å². The van der Waals surface area contributed by atoms with Gasteiger partial charge in [-0.25, -0.2) is 9.37 Å². The van der Waals surface area contributed by atoms with E-state index in [1.54, 1.807) is 12.1 Å². The number of nitrogens with zero attached hydrogens (tertiary/aromatic N) is 5. The molecule has 0 atom stereocenters. The standard InChI is InChI=1S/C23H28FN5O/c1-15-18(16(2)25-23-22(15)17(3)26-27(23)4)9-10-21(30)29-13-11-28(12-14-29)20-8-6-5-7-19(20)24/h5-8H,9-14H2,1-4H3. The number of halogens is 1. The van der Waals surface area contributed by atoms with Crippen LogP contribution in [0.1, 0.15) is 28.9 Å². The Morgan fingerprint density at radius 1 is 1.07 bits per heavy atom. The van der Waals surface area contributed by atoms with Gasteiger partial charge in [0, 0.05) is 50.7 Å². The van der Waals surface area contributed by atoms with Crippen molar-refractivity contribution >= 4 is 22.6 Å². The number of carbonyl (C=O) groups excluding carboxylic acids is 1. The lowest BCUT2D eigenvalue weighted by molar-refractivity contribution is -0.131. The molecule has 2 aromatic heterocycles. The van der Waals surface area contributed by atoms with Crippen LogP contribution < -0.4 is 4.90 Å². The predicted octanol–water partition coefficient (Wildman–Crippen LogP) is 3.31. The molecule has 1 aliphatic heterocycles. The van der Waals surface area contributed by atoms with E-state index in [9.17, 15) is 9.18 Å². The van der Waals surface area contributed by atoms with Crippen LogP contribution >= 0.6 is 0 Å². The van der Waals surface area contributed by atoms with Crippen LogP contribution in [-0.4, -0.2) is 51.8 Å². The van der Waals surface area contributed by atoms with Crippen LogP contribution in [0.15, 0.2) is 24.3 Å². The first-order chi connectivity index (χ1) is 14.4. The molecule has 1 amide bonds. The number of hydrogen-bond acceptors (Lipinski definition) is 4. The zero-order valence-corrected chi connectivity index (χ0v) is 18.1. The summed E-state index contributed by atoms with van der Waals surface area (Å²) < 4.78 is 15.8. The lowest BCUT2D eigenvalue weighted by Crippen LogP contribution is -2.49. The SMILES string of the molecule is Cc1nc2c(c(C)nn2C)c(C)c1CCC(=O)N1CCN(c2ccccc2F)CC1. The van der Waals surface area contributed by atoms with Crippen LogP contribution in [0.3, 0.4) is 0 Å². The fourth-order valence-electron chi connectivity index (χ4n) is 4.53. The second-order valence-electron chi connectivity index (χ2n) is 8.03. The van der Waals surface area contributed by atoms with E-state index in [0.717, 1.165) is 28.0 Å². The number of benzene rings is 1. The second kappa shape index (κ2) is 8.05. The number of amides is 1. The highest BCUT2D eigenvalue weighted by molar-refractivity contribution is 5.84. The van der Waals surface area contributed by atoms with Crippen LogP contribution in [0.25, 0.3) is 11.0 Å². The number of pyridine rings is 1. The average Bonchev–Trinajstić information content (AvgIpc) is 3.01. The number of rotatable bonds is 4. The summed E-state index contributed by atoms with van der Waals surface area (Å²) in [6, 6.07) is 6.81. The fourth-order valence-corrected chi connectivity index (χ4v) is 4.53. The van der Waals surface area contributed by atoms with Gasteiger partial charge in [0.1, 0.15) is 5.82 Å². The first kappa shape index (κ1) is 20.3. The number of hydrogen-bond donors (Lipinski definition) is 0. The number of aromatic nitrogens is 3. The summed E-state index contributed by atoms with van der Waals surface area (Å²) in [5.41, 5.74) is 5.73. The van der Waals surface area contributed by atoms with Crippen LogP contribution in [0.2, 0.25) is 0 Å². The number of piperazine rings is 1. The molecule has 1 aromatic carbocycles. The van der Waals surface area contributed by atoms with E-state index < -0.39 is 0 Å². The van der Waals surface area contributed by atoms with Gasteiger partial charge in [-0.2, -0.15) is 5.10 Å². The first-order valence-electron chi connectivity index (χ1n) is 10.4. The zero-order valence-electron chi connectivity index (χ0n) is 18.1. The summed E-state index contributed by atoms with van der Waals surface area (Å²) in [6.07, 6.45) is 1.12. The molecule has 1 aliphatic rings. The number of carbonyl (C=O) groups is 1. The molecule has 7 heteroatoms. The number of fused-ring (bicyclic) bond motifs is 1. The number of anilines is 1. The molecular formula is C23H28FN5O. The lowest BCUT2D eigenvalue weighted by atomic mass is 9.99. The Bertz CT molecular complexity index is 1100. The van der Waals surface area contributed by atoms with Gasteiger partial charge >= 0.3 is 0 Å². The summed E-state index contributed by atoms with van der Waals surface area (Å²) in [7, 11) is 1.91. The van der Waals surface area contributed by atoms with Crippen LogP contribution in [0, 0.1) is 26.6 Å². The van der Waals surface area contributed by atoms with Crippen molar-refractivity contribution in [3.8, 4) is 0 Å². The van der Waals surface area contributed by atoms with Crippen molar-refractivity contribution < 1.29 is 9.18 Å². The Labute approximate surface area is 176 Å². The molecule has 3 heterocycles. The van der Waals surface area contributed by atoms with Gasteiger partial charge in [0.05, 0.1) is 11.4 Å². The molecule has 6 nitrogen and oxygen atoms in total. The van der Waals surface area contributed by atoms with Gasteiger partial charge in [-0.3, -0.25) is 9.48 Å². The Hall–Kier alpha value is -2.96. The molecule has 1 saturated heterocycles. The zero-order chi connectivity index (χ0) is 21.4. The van der Waals surface area contributed by atoms with Crippen molar-refractivity contribution in [3.63, 3.8) is 0 Å². The number of aryl methyl sites for hydroxylation is 4. The highest BCUT2D eigenvalue weighted by Gasteiger charge is 2.23. The molecule has 0 saturated carbocycles. The second-order valence-corrected chi connectivity index (χ2v) is 8.03. The summed E-state index contributed by atoms with van der Waals surface area (Å²) in [6.45, 7) is 8.62. The molecule has 3 aromatic rings. The van der Waals surface area contributed by atoms with E-state index in [1.807, 2.05) is 41.4 Å².